The fourth-order valence-electron chi connectivity index (χ4n) is 3.73. The van der Waals surface area contributed by atoms with Crippen molar-refractivity contribution >= 4 is 5.69 Å². The number of benzene rings is 1. The molecule has 1 atom stereocenters. The van der Waals surface area contributed by atoms with Crippen LogP contribution in [0, 0.1) is 11.2 Å². The van der Waals surface area contributed by atoms with E-state index in [4.69, 9.17) is 4.74 Å². The standard InChI is InChI=1S/C16H22FNO/c1-19-14-11-12(5-6-13(14)17)18-15-7-10-16(15)8-3-2-4-9-16/h5-6,11,15,18H,2-4,7-10H2,1H3. The molecule has 2 saturated carbocycles. The Hall–Kier alpha value is -1.25. The number of anilines is 1. The third-order valence-electron chi connectivity index (χ3n) is 5.01. The molecule has 2 fully saturated rings. The van der Waals surface area contributed by atoms with Crippen molar-refractivity contribution < 1.29 is 9.13 Å². The number of halogens is 1. The molecule has 0 radical (unpaired) electrons. The zero-order chi connectivity index (χ0) is 13.3. The van der Waals surface area contributed by atoms with Crippen molar-refractivity contribution in [3.8, 4) is 5.75 Å². The topological polar surface area (TPSA) is 21.3 Å². The van der Waals surface area contributed by atoms with Gasteiger partial charge in [-0.05, 0) is 43.2 Å². The Balaban J connectivity index is 1.71. The van der Waals surface area contributed by atoms with E-state index in [1.165, 1.54) is 58.1 Å². The molecule has 1 N–H and O–H groups in total. The van der Waals surface area contributed by atoms with Crippen LogP contribution in [0.2, 0.25) is 0 Å². The molecular weight excluding hydrogens is 241 g/mol. The molecule has 1 aromatic carbocycles. The molecule has 2 nitrogen and oxygen atoms in total. The van der Waals surface area contributed by atoms with Crippen LogP contribution in [-0.4, -0.2) is 13.2 Å². The van der Waals surface area contributed by atoms with Gasteiger partial charge < -0.3 is 10.1 Å². The van der Waals surface area contributed by atoms with Gasteiger partial charge in [-0.3, -0.25) is 0 Å². The summed E-state index contributed by atoms with van der Waals surface area (Å²) in [6, 6.07) is 5.62. The predicted octanol–water partition coefficient (Wildman–Crippen LogP) is 4.36. The predicted molar refractivity (Wildman–Crippen MR) is 75.1 cm³/mol. The Bertz CT molecular complexity index is 454. The van der Waals surface area contributed by atoms with Gasteiger partial charge in [0.05, 0.1) is 7.11 Å². The number of rotatable bonds is 3. The van der Waals surface area contributed by atoms with Crippen molar-refractivity contribution in [2.75, 3.05) is 12.4 Å². The quantitative estimate of drug-likeness (QED) is 0.875. The summed E-state index contributed by atoms with van der Waals surface area (Å²) in [6.45, 7) is 0. The first-order chi connectivity index (χ1) is 9.23. The van der Waals surface area contributed by atoms with Crippen LogP contribution in [0.4, 0.5) is 10.1 Å². The van der Waals surface area contributed by atoms with Gasteiger partial charge in [0.15, 0.2) is 11.6 Å². The van der Waals surface area contributed by atoms with Crippen molar-refractivity contribution in [3.63, 3.8) is 0 Å². The lowest BCUT2D eigenvalue weighted by atomic mass is 9.57. The maximum absolute atomic E-state index is 13.4. The monoisotopic (exact) mass is 263 g/mol. The number of hydrogen-bond donors (Lipinski definition) is 1. The average molecular weight is 263 g/mol. The second-order valence-corrected chi connectivity index (χ2v) is 6.01. The van der Waals surface area contributed by atoms with Gasteiger partial charge in [-0.15, -0.1) is 0 Å². The van der Waals surface area contributed by atoms with Gasteiger partial charge in [0, 0.05) is 17.8 Å². The fraction of sp³-hybridized carbons (Fsp3) is 0.625. The summed E-state index contributed by atoms with van der Waals surface area (Å²) in [5.41, 5.74) is 1.49. The molecule has 1 aromatic rings. The highest BCUT2D eigenvalue weighted by Gasteiger charge is 2.46. The van der Waals surface area contributed by atoms with Gasteiger partial charge in [-0.2, -0.15) is 0 Å². The molecule has 3 heteroatoms. The third-order valence-corrected chi connectivity index (χ3v) is 5.01. The van der Waals surface area contributed by atoms with E-state index < -0.39 is 0 Å². The Morgan fingerprint density at radius 1 is 1.21 bits per heavy atom. The zero-order valence-electron chi connectivity index (χ0n) is 11.5. The Labute approximate surface area is 114 Å². The summed E-state index contributed by atoms with van der Waals surface area (Å²) in [5.74, 6) is 0.0241. The summed E-state index contributed by atoms with van der Waals surface area (Å²) in [6.07, 6.45) is 9.41. The van der Waals surface area contributed by atoms with Gasteiger partial charge in [0.1, 0.15) is 0 Å². The molecule has 0 bridgehead atoms. The first-order valence-electron chi connectivity index (χ1n) is 7.34. The zero-order valence-corrected chi connectivity index (χ0v) is 11.5. The molecule has 0 aliphatic heterocycles. The lowest BCUT2D eigenvalue weighted by Crippen LogP contribution is -2.50. The van der Waals surface area contributed by atoms with Gasteiger partial charge in [-0.25, -0.2) is 4.39 Å². The number of hydrogen-bond acceptors (Lipinski definition) is 2. The first kappa shape index (κ1) is 12.8. The van der Waals surface area contributed by atoms with Crippen LogP contribution in [0.1, 0.15) is 44.9 Å². The van der Waals surface area contributed by atoms with E-state index in [9.17, 15) is 4.39 Å². The highest BCUT2D eigenvalue weighted by atomic mass is 19.1. The van der Waals surface area contributed by atoms with Crippen molar-refractivity contribution in [2.24, 2.45) is 5.41 Å². The van der Waals surface area contributed by atoms with E-state index in [1.54, 1.807) is 6.07 Å². The average Bonchev–Trinajstić information content (AvgIpc) is 2.46. The molecule has 0 amide bonds. The minimum Gasteiger partial charge on any atom is -0.494 e. The van der Waals surface area contributed by atoms with Gasteiger partial charge in [-0.1, -0.05) is 19.3 Å². The highest BCUT2D eigenvalue weighted by Crippen LogP contribution is 2.52. The fourth-order valence-corrected chi connectivity index (χ4v) is 3.73. The first-order valence-corrected chi connectivity index (χ1v) is 7.34. The van der Waals surface area contributed by atoms with Gasteiger partial charge in [0.25, 0.3) is 0 Å². The molecule has 0 saturated heterocycles. The lowest BCUT2D eigenvalue weighted by molar-refractivity contribution is 0.0571. The van der Waals surface area contributed by atoms with Gasteiger partial charge in [0.2, 0.25) is 0 Å². The summed E-state index contributed by atoms with van der Waals surface area (Å²) in [4.78, 5) is 0. The Morgan fingerprint density at radius 2 is 2.00 bits per heavy atom. The van der Waals surface area contributed by atoms with Crippen LogP contribution in [0.3, 0.4) is 0 Å². The van der Waals surface area contributed by atoms with E-state index in [0.29, 0.717) is 17.2 Å². The molecule has 0 heterocycles. The largest absolute Gasteiger partial charge is 0.494 e. The summed E-state index contributed by atoms with van der Waals surface area (Å²) >= 11 is 0. The number of methoxy groups -OCH3 is 1. The SMILES string of the molecule is COc1cc(NC2CCC23CCCCC3)ccc1F. The molecule has 104 valence electrons. The van der Waals surface area contributed by atoms with Crippen LogP contribution in [0.25, 0.3) is 0 Å². The summed E-state index contributed by atoms with van der Waals surface area (Å²) < 4.78 is 18.4. The Kier molecular flexibility index (Phi) is 3.38. The van der Waals surface area contributed by atoms with E-state index in [0.717, 1.165) is 5.69 Å². The van der Waals surface area contributed by atoms with Crippen LogP contribution >= 0.6 is 0 Å². The molecule has 1 spiro atoms. The van der Waals surface area contributed by atoms with Crippen molar-refractivity contribution in [1.82, 2.24) is 0 Å². The summed E-state index contributed by atoms with van der Waals surface area (Å²) in [5, 5.41) is 3.59. The second-order valence-electron chi connectivity index (χ2n) is 6.01. The van der Waals surface area contributed by atoms with E-state index in [-0.39, 0.29) is 5.82 Å². The maximum Gasteiger partial charge on any atom is 0.165 e. The molecule has 2 aliphatic carbocycles. The number of nitrogens with one attached hydrogen (secondary N) is 1. The third kappa shape index (κ3) is 2.31. The van der Waals surface area contributed by atoms with E-state index >= 15 is 0 Å². The smallest absolute Gasteiger partial charge is 0.165 e. The minimum atomic E-state index is -0.297. The van der Waals surface area contributed by atoms with Gasteiger partial charge >= 0.3 is 0 Å². The van der Waals surface area contributed by atoms with E-state index in [2.05, 4.69) is 5.32 Å². The molecular formula is C16H22FNO. The number of ether oxygens (including phenoxy) is 1. The maximum atomic E-state index is 13.4. The van der Waals surface area contributed by atoms with Crippen LogP contribution in [0.15, 0.2) is 18.2 Å². The van der Waals surface area contributed by atoms with Crippen LogP contribution < -0.4 is 10.1 Å². The molecule has 0 aromatic heterocycles. The molecule has 1 unspecified atom stereocenters. The lowest BCUT2D eigenvalue weighted by Gasteiger charge is -2.52. The second kappa shape index (κ2) is 5.03. The van der Waals surface area contributed by atoms with Crippen molar-refractivity contribution in [1.29, 1.82) is 0 Å². The highest BCUT2D eigenvalue weighted by molar-refractivity contribution is 5.50. The summed E-state index contributed by atoms with van der Waals surface area (Å²) in [7, 11) is 1.51. The van der Waals surface area contributed by atoms with Crippen molar-refractivity contribution in [3.05, 3.63) is 24.0 Å². The normalized spacial score (nSPS) is 24.8. The minimum absolute atomic E-state index is 0.297. The molecule has 19 heavy (non-hydrogen) atoms. The van der Waals surface area contributed by atoms with Crippen molar-refractivity contribution in [2.45, 2.75) is 51.0 Å². The Morgan fingerprint density at radius 3 is 2.63 bits per heavy atom. The van der Waals surface area contributed by atoms with Crippen LogP contribution in [-0.2, 0) is 0 Å². The molecule has 3 rings (SSSR count). The molecule has 2 aliphatic rings. The van der Waals surface area contributed by atoms with Crippen LogP contribution in [0.5, 0.6) is 5.75 Å². The van der Waals surface area contributed by atoms with E-state index in [1.807, 2.05) is 6.07 Å².